The monoisotopic (exact) mass is 491 g/mol. The van der Waals surface area contributed by atoms with Gasteiger partial charge in [-0.05, 0) is 83.5 Å². The Balaban J connectivity index is 1.88. The first kappa shape index (κ1) is 27.1. The number of benzene rings is 3. The Morgan fingerprint density at radius 2 is 1.27 bits per heavy atom. The molecule has 0 fully saturated rings. The van der Waals surface area contributed by atoms with Crippen molar-refractivity contribution in [3.63, 3.8) is 0 Å². The Morgan fingerprint density at radius 3 is 1.86 bits per heavy atom. The van der Waals surface area contributed by atoms with Crippen LogP contribution in [0.4, 0.5) is 0 Å². The minimum absolute atomic E-state index is 0.692. The molecule has 0 aliphatic carbocycles. The third-order valence-corrected chi connectivity index (χ3v) is 8.55. The molecule has 0 bridgehead atoms. The number of hydrogen-bond donors (Lipinski definition) is 0. The minimum Gasteiger partial charge on any atom is -0.336 e. The number of aromatic nitrogens is 1. The molecule has 0 saturated heterocycles. The van der Waals surface area contributed by atoms with Crippen LogP contribution >= 0.6 is 0 Å². The van der Waals surface area contributed by atoms with Crippen molar-refractivity contribution in [2.45, 2.75) is 86.6 Å². The Labute approximate surface area is 225 Å². The van der Waals surface area contributed by atoms with Gasteiger partial charge in [0, 0.05) is 33.9 Å². The normalized spacial score (nSPS) is 14.1. The van der Waals surface area contributed by atoms with Gasteiger partial charge < -0.3 is 4.57 Å². The van der Waals surface area contributed by atoms with Crippen LogP contribution < -0.4 is 0 Å². The topological polar surface area (TPSA) is 4.93 Å². The fourth-order valence-electron chi connectivity index (χ4n) is 5.62. The summed E-state index contributed by atoms with van der Waals surface area (Å²) in [5, 5.41) is 2.53. The molecular weight excluding hydrogens is 446 g/mol. The van der Waals surface area contributed by atoms with Crippen LogP contribution in [-0.2, 0) is 25.8 Å². The molecular formula is C36H45N. The molecule has 4 aromatic rings. The van der Waals surface area contributed by atoms with Gasteiger partial charge in [-0.2, -0.15) is 0 Å². The largest absolute Gasteiger partial charge is 0.336 e. The lowest BCUT2D eigenvalue weighted by Gasteiger charge is -2.23. The highest BCUT2D eigenvalue weighted by Gasteiger charge is 2.18. The number of terminal acetylenes is 1. The van der Waals surface area contributed by atoms with E-state index in [0.717, 1.165) is 12.1 Å². The SMILES string of the molecule is C#Cc1ccc2c(c1)c1ccccc1n2Cc1cc(C[C@@H](C)CC)c(C[C@@H](C)CC)c(C[C@@H](C)CC)c1. The van der Waals surface area contributed by atoms with Gasteiger partial charge in [0.1, 0.15) is 0 Å². The quantitative estimate of drug-likeness (QED) is 0.184. The van der Waals surface area contributed by atoms with Gasteiger partial charge in [-0.3, -0.25) is 0 Å². The fraction of sp³-hybridized carbons (Fsp3) is 0.444. The van der Waals surface area contributed by atoms with Crippen LogP contribution in [0, 0.1) is 30.1 Å². The summed E-state index contributed by atoms with van der Waals surface area (Å²) in [5.41, 5.74) is 9.71. The highest BCUT2D eigenvalue weighted by atomic mass is 15.0. The molecule has 0 unspecified atom stereocenters. The molecule has 0 aliphatic heterocycles. The van der Waals surface area contributed by atoms with Crippen LogP contribution in [0.25, 0.3) is 21.8 Å². The third kappa shape index (κ3) is 5.96. The van der Waals surface area contributed by atoms with Crippen LogP contribution in [0.2, 0.25) is 0 Å². The number of para-hydroxylation sites is 1. The lowest BCUT2D eigenvalue weighted by atomic mass is 9.83. The second-order valence-corrected chi connectivity index (χ2v) is 11.5. The van der Waals surface area contributed by atoms with Crippen molar-refractivity contribution in [1.82, 2.24) is 4.57 Å². The van der Waals surface area contributed by atoms with Crippen LogP contribution in [0.3, 0.4) is 0 Å². The maximum absolute atomic E-state index is 5.75. The Morgan fingerprint density at radius 1 is 0.703 bits per heavy atom. The molecule has 1 nitrogen and oxygen atoms in total. The Kier molecular flexibility index (Phi) is 8.81. The predicted molar refractivity (Wildman–Crippen MR) is 162 cm³/mol. The summed E-state index contributed by atoms with van der Waals surface area (Å²) >= 11 is 0. The van der Waals surface area contributed by atoms with E-state index in [9.17, 15) is 0 Å². The minimum atomic E-state index is 0.692. The van der Waals surface area contributed by atoms with Gasteiger partial charge in [-0.25, -0.2) is 0 Å². The highest BCUT2D eigenvalue weighted by molar-refractivity contribution is 6.08. The average Bonchev–Trinajstić information content (AvgIpc) is 3.22. The smallest absolute Gasteiger partial charge is 0.0495 e. The molecule has 0 radical (unpaired) electrons. The first-order chi connectivity index (χ1) is 17.9. The van der Waals surface area contributed by atoms with E-state index in [1.807, 2.05) is 0 Å². The second-order valence-electron chi connectivity index (χ2n) is 11.5. The first-order valence-corrected chi connectivity index (χ1v) is 14.5. The molecule has 37 heavy (non-hydrogen) atoms. The molecule has 3 atom stereocenters. The van der Waals surface area contributed by atoms with Gasteiger partial charge in [0.25, 0.3) is 0 Å². The van der Waals surface area contributed by atoms with Crippen molar-refractivity contribution in [3.05, 3.63) is 82.4 Å². The number of rotatable bonds is 11. The lowest BCUT2D eigenvalue weighted by Crippen LogP contribution is -2.13. The van der Waals surface area contributed by atoms with Crippen molar-refractivity contribution < 1.29 is 0 Å². The van der Waals surface area contributed by atoms with E-state index in [1.165, 1.54) is 65.9 Å². The first-order valence-electron chi connectivity index (χ1n) is 14.5. The molecule has 0 aliphatic rings. The molecule has 1 heteroatoms. The maximum atomic E-state index is 5.75. The molecule has 1 heterocycles. The summed E-state index contributed by atoms with van der Waals surface area (Å²) < 4.78 is 2.49. The van der Waals surface area contributed by atoms with E-state index < -0.39 is 0 Å². The van der Waals surface area contributed by atoms with Gasteiger partial charge >= 0.3 is 0 Å². The molecule has 0 amide bonds. The van der Waals surface area contributed by atoms with Gasteiger partial charge in [-0.15, -0.1) is 6.42 Å². The Hall–Kier alpha value is -2.98. The molecule has 0 saturated carbocycles. The second kappa shape index (κ2) is 12.0. The van der Waals surface area contributed by atoms with Crippen molar-refractivity contribution in [1.29, 1.82) is 0 Å². The molecule has 3 aromatic carbocycles. The summed E-state index contributed by atoms with van der Waals surface area (Å²) in [4.78, 5) is 0. The summed E-state index contributed by atoms with van der Waals surface area (Å²) in [6.07, 6.45) is 13.0. The van der Waals surface area contributed by atoms with Gasteiger partial charge in [0.2, 0.25) is 0 Å². The summed E-state index contributed by atoms with van der Waals surface area (Å²) in [6, 6.07) is 20.3. The molecule has 0 N–H and O–H groups in total. The Bertz CT molecular complexity index is 1360. The van der Waals surface area contributed by atoms with Crippen LogP contribution in [0.1, 0.15) is 88.6 Å². The number of nitrogens with zero attached hydrogens (tertiary/aromatic N) is 1. The van der Waals surface area contributed by atoms with Gasteiger partial charge in [0.05, 0.1) is 0 Å². The van der Waals surface area contributed by atoms with Gasteiger partial charge in [-0.1, -0.05) is 97.1 Å². The maximum Gasteiger partial charge on any atom is 0.0495 e. The zero-order valence-corrected chi connectivity index (χ0v) is 23.9. The zero-order chi connectivity index (χ0) is 26.5. The predicted octanol–water partition coefficient (Wildman–Crippen LogP) is 9.59. The van der Waals surface area contributed by atoms with Crippen LogP contribution in [0.5, 0.6) is 0 Å². The standard InChI is InChI=1S/C36H45N/c1-8-25(5)18-30-21-29(22-31(19-26(6)9-2)33(30)20-27(7)10-3)24-37-35-15-13-12-14-32(35)34-23-28(11-4)16-17-36(34)37/h4,12-17,21-23,25-27H,8-10,18-20,24H2,1-3,5-7H3/t25-,26-,27-/m0/s1. The molecule has 4 rings (SSSR count). The highest BCUT2D eigenvalue weighted by Crippen LogP contribution is 2.33. The fourth-order valence-corrected chi connectivity index (χ4v) is 5.62. The van der Waals surface area contributed by atoms with Crippen LogP contribution in [0.15, 0.2) is 54.6 Å². The molecule has 194 valence electrons. The van der Waals surface area contributed by atoms with Crippen LogP contribution in [-0.4, -0.2) is 4.57 Å². The summed E-state index contributed by atoms with van der Waals surface area (Å²) in [5.74, 6) is 4.92. The van der Waals surface area contributed by atoms with E-state index in [-0.39, 0.29) is 0 Å². The van der Waals surface area contributed by atoms with Crippen molar-refractivity contribution in [2.24, 2.45) is 17.8 Å². The average molecular weight is 492 g/mol. The van der Waals surface area contributed by atoms with E-state index in [2.05, 4.69) is 107 Å². The number of hydrogen-bond acceptors (Lipinski definition) is 0. The van der Waals surface area contributed by atoms with Crippen molar-refractivity contribution in [2.75, 3.05) is 0 Å². The zero-order valence-electron chi connectivity index (χ0n) is 23.9. The third-order valence-electron chi connectivity index (χ3n) is 8.55. The molecule has 1 aromatic heterocycles. The van der Waals surface area contributed by atoms with Gasteiger partial charge in [0.15, 0.2) is 0 Å². The summed E-state index contributed by atoms with van der Waals surface area (Å²) in [6.45, 7) is 15.1. The van der Waals surface area contributed by atoms with Crippen molar-refractivity contribution >= 4 is 21.8 Å². The summed E-state index contributed by atoms with van der Waals surface area (Å²) in [7, 11) is 0. The van der Waals surface area contributed by atoms with E-state index in [4.69, 9.17) is 6.42 Å². The van der Waals surface area contributed by atoms with E-state index in [0.29, 0.717) is 17.8 Å². The van der Waals surface area contributed by atoms with Crippen molar-refractivity contribution in [3.8, 4) is 12.3 Å². The van der Waals surface area contributed by atoms with E-state index >= 15 is 0 Å². The molecule has 0 spiro atoms. The lowest BCUT2D eigenvalue weighted by molar-refractivity contribution is 0.522. The van der Waals surface area contributed by atoms with E-state index in [1.54, 1.807) is 16.7 Å². The number of fused-ring (bicyclic) bond motifs is 3.